The Morgan fingerprint density at radius 1 is 1.07 bits per heavy atom. The summed E-state index contributed by atoms with van der Waals surface area (Å²) in [4.78, 5) is 24.9. The van der Waals surface area contributed by atoms with Crippen molar-refractivity contribution in [2.24, 2.45) is 0 Å². The highest BCUT2D eigenvalue weighted by Gasteiger charge is 2.28. The molecule has 1 heterocycles. The van der Waals surface area contributed by atoms with E-state index in [0.29, 0.717) is 15.7 Å². The van der Waals surface area contributed by atoms with E-state index < -0.39 is 12.0 Å². The minimum absolute atomic E-state index is 0.198. The van der Waals surface area contributed by atoms with Crippen LogP contribution in [0.1, 0.15) is 33.9 Å². The minimum atomic E-state index is -1.03. The van der Waals surface area contributed by atoms with E-state index in [-0.39, 0.29) is 12.5 Å². The summed E-state index contributed by atoms with van der Waals surface area (Å²) in [5.41, 5.74) is 2.45. The first kappa shape index (κ1) is 19.5. The van der Waals surface area contributed by atoms with Crippen molar-refractivity contribution in [3.05, 3.63) is 70.7 Å². The minimum Gasteiger partial charge on any atom is -0.464 e. The van der Waals surface area contributed by atoms with Crippen LogP contribution in [0.25, 0.3) is 0 Å². The Kier molecular flexibility index (Phi) is 6.33. The highest BCUT2D eigenvalue weighted by Crippen LogP contribution is 2.26. The van der Waals surface area contributed by atoms with Gasteiger partial charge in [0.05, 0.1) is 6.61 Å². The first-order valence-corrected chi connectivity index (χ1v) is 9.58. The average molecular weight is 396 g/mol. The van der Waals surface area contributed by atoms with Crippen molar-refractivity contribution < 1.29 is 14.3 Å². The van der Waals surface area contributed by atoms with Crippen LogP contribution in [-0.4, -0.2) is 28.7 Å². The smallest absolute Gasteiger partial charge is 0.335 e. The third-order valence-corrected chi connectivity index (χ3v) is 4.73. The molecule has 1 aromatic heterocycles. The predicted molar refractivity (Wildman–Crippen MR) is 108 cm³/mol. The molecular formula is C20H20N4O3S. The summed E-state index contributed by atoms with van der Waals surface area (Å²) < 4.78 is 5.10. The van der Waals surface area contributed by atoms with Gasteiger partial charge in [-0.3, -0.25) is 4.79 Å². The zero-order chi connectivity index (χ0) is 19.9. The number of ether oxygens (including phenoxy) is 1. The third kappa shape index (κ3) is 4.92. The van der Waals surface area contributed by atoms with Crippen molar-refractivity contribution in [2.75, 3.05) is 11.9 Å². The van der Waals surface area contributed by atoms with Gasteiger partial charge in [0, 0.05) is 11.3 Å². The second kappa shape index (κ2) is 9.09. The number of hydrogen-bond donors (Lipinski definition) is 2. The van der Waals surface area contributed by atoms with Crippen LogP contribution in [0.4, 0.5) is 10.8 Å². The van der Waals surface area contributed by atoms with E-state index in [1.165, 1.54) is 11.3 Å². The monoisotopic (exact) mass is 396 g/mol. The Bertz CT molecular complexity index is 942. The van der Waals surface area contributed by atoms with Crippen LogP contribution in [-0.2, 0) is 9.53 Å². The van der Waals surface area contributed by atoms with Crippen LogP contribution in [0.15, 0.2) is 54.6 Å². The maximum atomic E-state index is 12.5. The van der Waals surface area contributed by atoms with Crippen molar-refractivity contribution in [1.82, 2.24) is 15.5 Å². The Morgan fingerprint density at radius 2 is 1.79 bits per heavy atom. The molecule has 0 bridgehead atoms. The second-order valence-electron chi connectivity index (χ2n) is 5.96. The van der Waals surface area contributed by atoms with Gasteiger partial charge in [-0.05, 0) is 38.1 Å². The fraction of sp³-hybridized carbons (Fsp3) is 0.200. The van der Waals surface area contributed by atoms with E-state index in [4.69, 9.17) is 4.74 Å². The molecular weight excluding hydrogens is 376 g/mol. The molecule has 144 valence electrons. The Hall–Kier alpha value is -3.26. The van der Waals surface area contributed by atoms with Gasteiger partial charge in [0.15, 0.2) is 11.0 Å². The maximum Gasteiger partial charge on any atom is 0.335 e. The van der Waals surface area contributed by atoms with E-state index in [2.05, 4.69) is 20.8 Å². The fourth-order valence-electron chi connectivity index (χ4n) is 2.41. The SMILES string of the molecule is CCOC(=O)C(NC(=O)c1ccccc1)c1nnc(Nc2ccc(C)cc2)s1. The lowest BCUT2D eigenvalue weighted by Crippen LogP contribution is -2.35. The van der Waals surface area contributed by atoms with Crippen LogP contribution in [0.2, 0.25) is 0 Å². The molecule has 0 fully saturated rings. The number of carbonyl (C=O) groups excluding carboxylic acids is 2. The van der Waals surface area contributed by atoms with Crippen LogP contribution < -0.4 is 10.6 Å². The van der Waals surface area contributed by atoms with E-state index in [9.17, 15) is 9.59 Å². The van der Waals surface area contributed by atoms with Crippen molar-refractivity contribution in [3.63, 3.8) is 0 Å². The molecule has 2 aromatic carbocycles. The number of benzene rings is 2. The van der Waals surface area contributed by atoms with Gasteiger partial charge in [-0.15, -0.1) is 10.2 Å². The molecule has 0 spiro atoms. The van der Waals surface area contributed by atoms with Gasteiger partial charge in [-0.25, -0.2) is 4.79 Å². The molecule has 3 rings (SSSR count). The number of nitrogens with one attached hydrogen (secondary N) is 2. The van der Waals surface area contributed by atoms with Crippen LogP contribution in [0, 0.1) is 6.92 Å². The molecule has 0 saturated heterocycles. The molecule has 0 radical (unpaired) electrons. The van der Waals surface area contributed by atoms with Gasteiger partial charge in [-0.2, -0.15) is 0 Å². The van der Waals surface area contributed by atoms with Gasteiger partial charge >= 0.3 is 5.97 Å². The molecule has 3 aromatic rings. The topological polar surface area (TPSA) is 93.2 Å². The number of aryl methyl sites for hydroxylation is 1. The zero-order valence-corrected chi connectivity index (χ0v) is 16.3. The summed E-state index contributed by atoms with van der Waals surface area (Å²) in [6.07, 6.45) is 0. The summed E-state index contributed by atoms with van der Waals surface area (Å²) in [5, 5.41) is 14.8. The molecule has 7 nitrogen and oxygen atoms in total. The van der Waals surface area contributed by atoms with E-state index in [0.717, 1.165) is 11.3 Å². The van der Waals surface area contributed by atoms with Crippen LogP contribution >= 0.6 is 11.3 Å². The van der Waals surface area contributed by atoms with Crippen LogP contribution in [0.5, 0.6) is 0 Å². The van der Waals surface area contributed by atoms with E-state index >= 15 is 0 Å². The van der Waals surface area contributed by atoms with Gasteiger partial charge in [0.2, 0.25) is 5.13 Å². The lowest BCUT2D eigenvalue weighted by atomic mass is 10.2. The summed E-state index contributed by atoms with van der Waals surface area (Å²) in [7, 11) is 0. The maximum absolute atomic E-state index is 12.5. The van der Waals surface area contributed by atoms with E-state index in [1.807, 2.05) is 37.3 Å². The highest BCUT2D eigenvalue weighted by molar-refractivity contribution is 7.15. The number of carbonyl (C=O) groups is 2. The van der Waals surface area contributed by atoms with Crippen molar-refractivity contribution in [2.45, 2.75) is 19.9 Å². The van der Waals surface area contributed by atoms with Crippen molar-refractivity contribution in [1.29, 1.82) is 0 Å². The Labute approximate surface area is 166 Å². The molecule has 0 saturated carbocycles. The number of rotatable bonds is 7. The van der Waals surface area contributed by atoms with Crippen molar-refractivity contribution in [3.8, 4) is 0 Å². The lowest BCUT2D eigenvalue weighted by Gasteiger charge is -2.14. The first-order chi connectivity index (χ1) is 13.6. The quantitative estimate of drug-likeness (QED) is 0.593. The van der Waals surface area contributed by atoms with Gasteiger partial charge in [-0.1, -0.05) is 47.2 Å². The fourth-order valence-corrected chi connectivity index (χ4v) is 3.22. The summed E-state index contributed by atoms with van der Waals surface area (Å²) in [6, 6.07) is 15.4. The predicted octanol–water partition coefficient (Wildman–Crippen LogP) is 3.62. The number of anilines is 2. The summed E-state index contributed by atoms with van der Waals surface area (Å²) >= 11 is 1.18. The Morgan fingerprint density at radius 3 is 2.46 bits per heavy atom. The first-order valence-electron chi connectivity index (χ1n) is 8.76. The molecule has 1 atom stereocenters. The van der Waals surface area contributed by atoms with Gasteiger partial charge in [0.1, 0.15) is 0 Å². The lowest BCUT2D eigenvalue weighted by molar-refractivity contribution is -0.145. The van der Waals surface area contributed by atoms with Gasteiger partial charge < -0.3 is 15.4 Å². The zero-order valence-electron chi connectivity index (χ0n) is 15.5. The van der Waals surface area contributed by atoms with Crippen LogP contribution in [0.3, 0.4) is 0 Å². The van der Waals surface area contributed by atoms with Crippen molar-refractivity contribution >= 4 is 34.0 Å². The van der Waals surface area contributed by atoms with Gasteiger partial charge in [0.25, 0.3) is 5.91 Å². The molecule has 0 aliphatic carbocycles. The molecule has 2 N–H and O–H groups in total. The number of aromatic nitrogens is 2. The Balaban J connectivity index is 1.78. The summed E-state index contributed by atoms with van der Waals surface area (Å²) in [6.45, 7) is 3.91. The molecule has 0 aliphatic heterocycles. The largest absolute Gasteiger partial charge is 0.464 e. The number of nitrogens with zero attached hydrogens (tertiary/aromatic N) is 2. The standard InChI is InChI=1S/C20H20N4O3S/c1-3-27-19(26)16(22-17(25)14-7-5-4-6-8-14)18-23-24-20(28-18)21-15-11-9-13(2)10-12-15/h4-12,16H,3H2,1-2H3,(H,21,24)(H,22,25). The summed E-state index contributed by atoms with van der Waals surface area (Å²) in [5.74, 6) is -0.966. The molecule has 0 aliphatic rings. The molecule has 28 heavy (non-hydrogen) atoms. The molecule has 1 amide bonds. The van der Waals surface area contributed by atoms with E-state index in [1.54, 1.807) is 31.2 Å². The second-order valence-corrected chi connectivity index (χ2v) is 6.97. The normalized spacial score (nSPS) is 11.5. The molecule has 1 unspecified atom stereocenters. The average Bonchev–Trinajstić information content (AvgIpc) is 3.16. The third-order valence-electron chi connectivity index (χ3n) is 3.82. The number of amides is 1. The highest BCUT2D eigenvalue weighted by atomic mass is 32.1. The number of esters is 1. The number of hydrogen-bond acceptors (Lipinski definition) is 7. The molecule has 8 heteroatoms.